The second-order valence-corrected chi connectivity index (χ2v) is 4.81. The fraction of sp³-hybridized carbons (Fsp3) is 0.538. The molecule has 1 aliphatic carbocycles. The van der Waals surface area contributed by atoms with Crippen molar-refractivity contribution >= 4 is 5.69 Å². The molecule has 5 heteroatoms. The molecule has 1 aromatic rings. The summed E-state index contributed by atoms with van der Waals surface area (Å²) in [6.45, 7) is -0.367. The smallest absolute Gasteiger partial charge is 0.399 e. The van der Waals surface area contributed by atoms with Gasteiger partial charge >= 0.3 is 6.18 Å². The molecule has 0 radical (unpaired) electrons. The van der Waals surface area contributed by atoms with E-state index < -0.39 is 12.7 Å². The van der Waals surface area contributed by atoms with Crippen LogP contribution in [0.25, 0.3) is 0 Å². The van der Waals surface area contributed by atoms with Crippen molar-refractivity contribution in [3.63, 3.8) is 0 Å². The van der Waals surface area contributed by atoms with E-state index in [1.54, 1.807) is 6.07 Å². The van der Waals surface area contributed by atoms with Crippen LogP contribution >= 0.6 is 0 Å². The zero-order valence-corrected chi connectivity index (χ0v) is 10.1. The zero-order valence-electron chi connectivity index (χ0n) is 10.1. The first-order chi connectivity index (χ1) is 8.44. The molecular formula is C13H17F3N2. The molecule has 1 saturated carbocycles. The van der Waals surface area contributed by atoms with Crippen molar-refractivity contribution in [1.29, 1.82) is 0 Å². The lowest BCUT2D eigenvalue weighted by Crippen LogP contribution is -2.37. The average molecular weight is 258 g/mol. The molecule has 0 heterocycles. The molecule has 100 valence electrons. The summed E-state index contributed by atoms with van der Waals surface area (Å²) in [5.74, 6) is 0. The average Bonchev–Trinajstić information content (AvgIpc) is 3.06. The van der Waals surface area contributed by atoms with Gasteiger partial charge in [0, 0.05) is 18.3 Å². The van der Waals surface area contributed by atoms with Crippen molar-refractivity contribution in [2.24, 2.45) is 0 Å². The monoisotopic (exact) mass is 258 g/mol. The maximum Gasteiger partial charge on any atom is 0.401 e. The molecule has 0 aliphatic heterocycles. The van der Waals surface area contributed by atoms with Gasteiger partial charge in [-0.25, -0.2) is 0 Å². The van der Waals surface area contributed by atoms with Crippen LogP contribution in [0.2, 0.25) is 0 Å². The summed E-state index contributed by atoms with van der Waals surface area (Å²) in [4.78, 5) is 1.53. The number of nitrogens with zero attached hydrogens (tertiary/aromatic N) is 1. The van der Waals surface area contributed by atoms with E-state index in [9.17, 15) is 13.2 Å². The number of rotatable bonds is 5. The van der Waals surface area contributed by atoms with Crippen molar-refractivity contribution in [3.05, 3.63) is 29.8 Å². The molecule has 18 heavy (non-hydrogen) atoms. The standard InChI is InChI=1S/C13H17F3N2/c14-13(15,16)9-18(12-4-5-12)7-6-10-2-1-3-11(17)8-10/h1-3,8,12H,4-7,9,17H2. The van der Waals surface area contributed by atoms with Gasteiger partial charge in [-0.2, -0.15) is 13.2 Å². The van der Waals surface area contributed by atoms with Gasteiger partial charge in [0.15, 0.2) is 0 Å². The third-order valence-electron chi connectivity index (χ3n) is 3.08. The lowest BCUT2D eigenvalue weighted by atomic mass is 10.1. The molecule has 0 amide bonds. The van der Waals surface area contributed by atoms with E-state index in [1.165, 1.54) is 4.90 Å². The highest BCUT2D eigenvalue weighted by molar-refractivity contribution is 5.40. The van der Waals surface area contributed by atoms with Crippen LogP contribution in [-0.4, -0.2) is 30.2 Å². The van der Waals surface area contributed by atoms with Gasteiger partial charge < -0.3 is 5.73 Å². The Morgan fingerprint density at radius 2 is 2.00 bits per heavy atom. The minimum Gasteiger partial charge on any atom is -0.399 e. The third kappa shape index (κ3) is 4.22. The normalized spacial score (nSPS) is 16.2. The molecule has 2 N–H and O–H groups in total. The number of halogens is 3. The van der Waals surface area contributed by atoms with Crippen LogP contribution in [0.15, 0.2) is 24.3 Å². The second kappa shape index (κ2) is 5.18. The first kappa shape index (κ1) is 13.2. The number of alkyl halides is 3. The Labute approximate surface area is 105 Å². The molecule has 1 aromatic carbocycles. The van der Waals surface area contributed by atoms with Gasteiger partial charge in [0.1, 0.15) is 0 Å². The Morgan fingerprint density at radius 1 is 1.28 bits per heavy atom. The van der Waals surface area contributed by atoms with Gasteiger partial charge in [-0.3, -0.25) is 4.90 Å². The second-order valence-electron chi connectivity index (χ2n) is 4.81. The minimum absolute atomic E-state index is 0.118. The van der Waals surface area contributed by atoms with Crippen molar-refractivity contribution < 1.29 is 13.2 Å². The van der Waals surface area contributed by atoms with Crippen molar-refractivity contribution in [3.8, 4) is 0 Å². The SMILES string of the molecule is Nc1cccc(CCN(CC(F)(F)F)C2CC2)c1. The number of benzene rings is 1. The molecular weight excluding hydrogens is 241 g/mol. The number of hydrogen-bond acceptors (Lipinski definition) is 2. The van der Waals surface area contributed by atoms with E-state index in [0.717, 1.165) is 18.4 Å². The Balaban J connectivity index is 1.90. The highest BCUT2D eigenvalue weighted by Gasteiger charge is 2.37. The Hall–Kier alpha value is -1.23. The Morgan fingerprint density at radius 3 is 2.56 bits per heavy atom. The van der Waals surface area contributed by atoms with E-state index in [0.29, 0.717) is 18.7 Å². The Bertz CT molecular complexity index is 399. The molecule has 0 bridgehead atoms. The van der Waals surface area contributed by atoms with Crippen LogP contribution in [0.5, 0.6) is 0 Å². The third-order valence-corrected chi connectivity index (χ3v) is 3.08. The summed E-state index contributed by atoms with van der Waals surface area (Å²) in [6, 6.07) is 7.44. The largest absolute Gasteiger partial charge is 0.401 e. The van der Waals surface area contributed by atoms with Crippen LogP contribution in [0, 0.1) is 0 Å². The molecule has 1 aliphatic rings. The highest BCUT2D eigenvalue weighted by Crippen LogP contribution is 2.30. The molecule has 2 rings (SSSR count). The first-order valence-corrected chi connectivity index (χ1v) is 6.09. The van der Waals surface area contributed by atoms with Crippen LogP contribution in [0.3, 0.4) is 0 Å². The van der Waals surface area contributed by atoms with Gasteiger partial charge in [-0.1, -0.05) is 12.1 Å². The van der Waals surface area contributed by atoms with E-state index in [2.05, 4.69) is 0 Å². The van der Waals surface area contributed by atoms with E-state index >= 15 is 0 Å². The lowest BCUT2D eigenvalue weighted by molar-refractivity contribution is -0.147. The molecule has 2 nitrogen and oxygen atoms in total. The van der Waals surface area contributed by atoms with Crippen molar-refractivity contribution in [1.82, 2.24) is 4.90 Å². The summed E-state index contributed by atoms with van der Waals surface area (Å²) >= 11 is 0. The molecule has 1 fully saturated rings. The molecule has 0 spiro atoms. The van der Waals surface area contributed by atoms with E-state index in [-0.39, 0.29) is 6.04 Å². The zero-order chi connectivity index (χ0) is 13.2. The van der Waals surface area contributed by atoms with Crippen LogP contribution in [0.1, 0.15) is 18.4 Å². The van der Waals surface area contributed by atoms with Crippen LogP contribution in [0.4, 0.5) is 18.9 Å². The fourth-order valence-corrected chi connectivity index (χ4v) is 2.08. The number of nitrogens with two attached hydrogens (primary N) is 1. The van der Waals surface area contributed by atoms with Gasteiger partial charge in [0.05, 0.1) is 6.54 Å². The van der Waals surface area contributed by atoms with Crippen molar-refractivity contribution in [2.45, 2.75) is 31.5 Å². The topological polar surface area (TPSA) is 29.3 Å². The van der Waals surface area contributed by atoms with Crippen LogP contribution in [-0.2, 0) is 6.42 Å². The van der Waals surface area contributed by atoms with Gasteiger partial charge in [-0.05, 0) is 37.0 Å². The predicted octanol–water partition coefficient (Wildman–Crippen LogP) is 2.84. The number of nitrogen functional groups attached to an aromatic ring is 1. The summed E-state index contributed by atoms with van der Waals surface area (Å²) in [6.07, 6.45) is -1.74. The van der Waals surface area contributed by atoms with Gasteiger partial charge in [0.25, 0.3) is 0 Å². The number of hydrogen-bond donors (Lipinski definition) is 1. The maximum absolute atomic E-state index is 12.4. The van der Waals surface area contributed by atoms with E-state index in [1.807, 2.05) is 18.2 Å². The highest BCUT2D eigenvalue weighted by atomic mass is 19.4. The number of anilines is 1. The van der Waals surface area contributed by atoms with Gasteiger partial charge in [-0.15, -0.1) is 0 Å². The molecule has 0 saturated heterocycles. The molecule has 0 aromatic heterocycles. The lowest BCUT2D eigenvalue weighted by Gasteiger charge is -2.23. The summed E-state index contributed by atoms with van der Waals surface area (Å²) in [5, 5.41) is 0. The molecule has 0 unspecified atom stereocenters. The predicted molar refractivity (Wildman–Crippen MR) is 65.2 cm³/mol. The Kier molecular flexibility index (Phi) is 3.80. The summed E-state index contributed by atoms with van der Waals surface area (Å²) in [5.41, 5.74) is 7.29. The quantitative estimate of drug-likeness (QED) is 0.823. The van der Waals surface area contributed by atoms with E-state index in [4.69, 9.17) is 5.73 Å². The maximum atomic E-state index is 12.4. The minimum atomic E-state index is -4.11. The van der Waals surface area contributed by atoms with Crippen LogP contribution < -0.4 is 5.73 Å². The molecule has 0 atom stereocenters. The first-order valence-electron chi connectivity index (χ1n) is 6.09. The van der Waals surface area contributed by atoms with Crippen molar-refractivity contribution in [2.75, 3.05) is 18.8 Å². The van der Waals surface area contributed by atoms with Gasteiger partial charge in [0.2, 0.25) is 0 Å². The fourth-order valence-electron chi connectivity index (χ4n) is 2.08. The summed E-state index contributed by atoms with van der Waals surface area (Å²) < 4.78 is 37.3. The summed E-state index contributed by atoms with van der Waals surface area (Å²) in [7, 11) is 0.